The number of aliphatic hydroxyl groups is 1. The number of fused-ring (bicyclic) bond motifs is 1. The van der Waals surface area contributed by atoms with E-state index in [9.17, 15) is 9.90 Å². The number of hydrogen-bond donors (Lipinski definition) is 1. The van der Waals surface area contributed by atoms with Crippen molar-refractivity contribution in [1.29, 1.82) is 0 Å². The van der Waals surface area contributed by atoms with E-state index in [0.717, 1.165) is 47.1 Å². The first-order chi connectivity index (χ1) is 21.4. The normalized spacial score (nSPS) is 16.8. The van der Waals surface area contributed by atoms with E-state index in [1.807, 2.05) is 82.5 Å². The van der Waals surface area contributed by atoms with Gasteiger partial charge in [-0.1, -0.05) is 35.9 Å². The van der Waals surface area contributed by atoms with Gasteiger partial charge in [0.1, 0.15) is 0 Å². The second-order valence-corrected chi connectivity index (χ2v) is 12.0. The first kappa shape index (κ1) is 28.3. The van der Waals surface area contributed by atoms with Crippen molar-refractivity contribution >= 4 is 34.5 Å². The number of piperazine rings is 1. The maximum absolute atomic E-state index is 13.2. The predicted octanol–water partition coefficient (Wildman–Crippen LogP) is 4.82. The lowest BCUT2D eigenvalue weighted by molar-refractivity contribution is 0.0118. The fourth-order valence-corrected chi connectivity index (χ4v) is 6.39. The zero-order chi connectivity index (χ0) is 30.1. The van der Waals surface area contributed by atoms with Gasteiger partial charge in [0.2, 0.25) is 0 Å². The van der Waals surface area contributed by atoms with Crippen LogP contribution in [0, 0.1) is 0 Å². The van der Waals surface area contributed by atoms with E-state index in [1.165, 1.54) is 0 Å². The lowest BCUT2D eigenvalue weighted by Gasteiger charge is -2.39. The van der Waals surface area contributed by atoms with E-state index >= 15 is 0 Å². The Balaban J connectivity index is 0.989. The lowest BCUT2D eigenvalue weighted by atomic mass is 9.84. The summed E-state index contributed by atoms with van der Waals surface area (Å²) < 4.78 is 1.83. The Kier molecular flexibility index (Phi) is 7.66. The minimum absolute atomic E-state index is 0.0578. The van der Waals surface area contributed by atoms with Crippen molar-refractivity contribution in [1.82, 2.24) is 24.5 Å². The van der Waals surface area contributed by atoms with E-state index in [0.29, 0.717) is 56.0 Å². The monoisotopic (exact) mass is 607 g/mol. The summed E-state index contributed by atoms with van der Waals surface area (Å²) in [6.07, 6.45) is 7.35. The molecule has 1 amide bonds. The van der Waals surface area contributed by atoms with Crippen LogP contribution < -0.4 is 9.80 Å². The zero-order valence-corrected chi connectivity index (χ0v) is 25.1. The van der Waals surface area contributed by atoms with Crippen LogP contribution in [-0.4, -0.2) is 74.8 Å². The molecule has 7 rings (SSSR count). The highest BCUT2D eigenvalue weighted by atomic mass is 35.5. The average molecular weight is 608 g/mol. The van der Waals surface area contributed by atoms with E-state index in [2.05, 4.69) is 26.9 Å². The number of carbonyl (C=O) groups is 1. The van der Waals surface area contributed by atoms with Crippen molar-refractivity contribution in [3.05, 3.63) is 119 Å². The third kappa shape index (κ3) is 5.73. The Morgan fingerprint density at radius 3 is 2.32 bits per heavy atom. The summed E-state index contributed by atoms with van der Waals surface area (Å²) in [6, 6.07) is 23.3. The van der Waals surface area contributed by atoms with E-state index in [-0.39, 0.29) is 5.91 Å². The summed E-state index contributed by atoms with van der Waals surface area (Å²) in [5, 5.41) is 16.7. The zero-order valence-electron chi connectivity index (χ0n) is 24.4. The molecule has 44 heavy (non-hydrogen) atoms. The summed E-state index contributed by atoms with van der Waals surface area (Å²) in [5.41, 5.74) is 4.68. The first-order valence-corrected chi connectivity index (χ1v) is 15.4. The predicted molar refractivity (Wildman–Crippen MR) is 171 cm³/mol. The van der Waals surface area contributed by atoms with Crippen LogP contribution in [-0.2, 0) is 12.0 Å². The van der Waals surface area contributed by atoms with Crippen molar-refractivity contribution in [3.8, 4) is 0 Å². The molecule has 10 heteroatoms. The lowest BCUT2D eigenvalue weighted by Crippen LogP contribution is -2.48. The quantitative estimate of drug-likeness (QED) is 0.296. The summed E-state index contributed by atoms with van der Waals surface area (Å²) >= 11 is 6.05. The van der Waals surface area contributed by atoms with Gasteiger partial charge < -0.3 is 19.8 Å². The Morgan fingerprint density at radius 2 is 1.61 bits per heavy atom. The number of halogens is 1. The molecule has 2 saturated heterocycles. The van der Waals surface area contributed by atoms with Crippen LogP contribution in [0.3, 0.4) is 0 Å². The number of benzene rings is 2. The smallest absolute Gasteiger partial charge is 0.253 e. The van der Waals surface area contributed by atoms with Crippen LogP contribution in [0.15, 0.2) is 91.4 Å². The molecule has 5 aromatic rings. The number of carbonyl (C=O) groups excluding carboxylic acids is 1. The van der Waals surface area contributed by atoms with Gasteiger partial charge in [-0.25, -0.2) is 9.50 Å². The molecule has 2 aliphatic heterocycles. The Labute approximate surface area is 261 Å². The third-order valence-electron chi connectivity index (χ3n) is 8.84. The van der Waals surface area contributed by atoms with Crippen LogP contribution in [0.2, 0.25) is 5.02 Å². The molecule has 0 unspecified atom stereocenters. The number of aromatic nitrogens is 4. The van der Waals surface area contributed by atoms with Crippen molar-refractivity contribution in [2.24, 2.45) is 0 Å². The number of hydrogen-bond acceptors (Lipinski definition) is 7. The molecule has 9 nitrogen and oxygen atoms in total. The molecule has 3 aromatic heterocycles. The molecule has 2 aromatic carbocycles. The molecule has 0 saturated carbocycles. The second-order valence-electron chi connectivity index (χ2n) is 11.6. The average Bonchev–Trinajstić information content (AvgIpc) is 3.49. The minimum Gasteiger partial charge on any atom is -0.385 e. The van der Waals surface area contributed by atoms with Gasteiger partial charge in [-0.05, 0) is 72.5 Å². The third-order valence-corrected chi connectivity index (χ3v) is 9.09. The van der Waals surface area contributed by atoms with Crippen molar-refractivity contribution in [3.63, 3.8) is 0 Å². The standard InChI is InChI=1S/C34H34ClN7O2/c35-28-11-9-27(10-12-28)34(44)13-17-40(18-14-34)30-4-2-16-42-32(30)37-31(38-42)23-25-5-7-26(8-6-25)33(43)41-21-19-39(20-22-41)29-3-1-15-36-24-29/h1-12,15-16,24,44H,13-14,17-23H2. The van der Waals surface area contributed by atoms with Crippen molar-refractivity contribution in [2.75, 3.05) is 49.1 Å². The van der Waals surface area contributed by atoms with Gasteiger partial charge in [0.15, 0.2) is 11.5 Å². The molecule has 2 fully saturated rings. The molecule has 0 spiro atoms. The molecule has 0 radical (unpaired) electrons. The van der Waals surface area contributed by atoms with Gasteiger partial charge in [0.25, 0.3) is 5.91 Å². The van der Waals surface area contributed by atoms with E-state index in [4.69, 9.17) is 21.7 Å². The fourth-order valence-electron chi connectivity index (χ4n) is 6.26. The molecular weight excluding hydrogens is 574 g/mol. The van der Waals surface area contributed by atoms with Crippen molar-refractivity contribution < 1.29 is 9.90 Å². The van der Waals surface area contributed by atoms with Crippen LogP contribution in [0.1, 0.15) is 40.2 Å². The van der Waals surface area contributed by atoms with Gasteiger partial charge in [-0.2, -0.15) is 5.10 Å². The van der Waals surface area contributed by atoms with Gasteiger partial charge in [-0.3, -0.25) is 9.78 Å². The number of nitrogens with zero attached hydrogens (tertiary/aromatic N) is 7. The number of rotatable bonds is 6. The Hall–Kier alpha value is -4.47. The van der Waals surface area contributed by atoms with Crippen LogP contribution in [0.5, 0.6) is 0 Å². The SMILES string of the molecule is O=C(c1ccc(Cc2nc3c(N4CCC(O)(c5ccc(Cl)cc5)CC4)cccn3n2)cc1)N1CCN(c2cccnc2)CC1. The first-order valence-electron chi connectivity index (χ1n) is 15.1. The number of amides is 1. The number of piperidine rings is 1. The minimum atomic E-state index is -0.868. The second kappa shape index (κ2) is 11.9. The van der Waals surface area contributed by atoms with Crippen LogP contribution >= 0.6 is 11.6 Å². The summed E-state index contributed by atoms with van der Waals surface area (Å²) in [4.78, 5) is 28.8. The summed E-state index contributed by atoms with van der Waals surface area (Å²) in [5.74, 6) is 0.778. The van der Waals surface area contributed by atoms with Crippen LogP contribution in [0.4, 0.5) is 11.4 Å². The van der Waals surface area contributed by atoms with Gasteiger partial charge >= 0.3 is 0 Å². The summed E-state index contributed by atoms with van der Waals surface area (Å²) in [7, 11) is 0. The molecule has 2 aliphatic rings. The van der Waals surface area contributed by atoms with Gasteiger partial charge in [0.05, 0.1) is 23.2 Å². The molecule has 0 aliphatic carbocycles. The highest BCUT2D eigenvalue weighted by Crippen LogP contribution is 2.36. The van der Waals surface area contributed by atoms with E-state index < -0.39 is 5.60 Å². The highest BCUT2D eigenvalue weighted by Gasteiger charge is 2.34. The molecule has 1 N–H and O–H groups in total. The maximum Gasteiger partial charge on any atom is 0.253 e. The molecule has 0 bridgehead atoms. The number of anilines is 2. The molecular formula is C34H34ClN7O2. The Morgan fingerprint density at radius 1 is 0.864 bits per heavy atom. The van der Waals surface area contributed by atoms with Gasteiger partial charge in [0, 0.05) is 68.7 Å². The largest absolute Gasteiger partial charge is 0.385 e. The molecule has 224 valence electrons. The maximum atomic E-state index is 13.2. The number of pyridine rings is 2. The fraction of sp³-hybridized carbons (Fsp3) is 0.294. The molecule has 5 heterocycles. The van der Waals surface area contributed by atoms with Gasteiger partial charge in [-0.15, -0.1) is 0 Å². The highest BCUT2D eigenvalue weighted by molar-refractivity contribution is 6.30. The van der Waals surface area contributed by atoms with E-state index in [1.54, 1.807) is 6.20 Å². The summed E-state index contributed by atoms with van der Waals surface area (Å²) in [6.45, 7) is 4.35. The van der Waals surface area contributed by atoms with Crippen molar-refractivity contribution in [2.45, 2.75) is 24.9 Å². The topological polar surface area (TPSA) is 90.1 Å². The van der Waals surface area contributed by atoms with Crippen LogP contribution in [0.25, 0.3) is 5.65 Å². The molecule has 0 atom stereocenters. The Bertz CT molecular complexity index is 1740.